The van der Waals surface area contributed by atoms with Crippen molar-refractivity contribution in [2.75, 3.05) is 44.7 Å². The number of ether oxygens (including phenoxy) is 1. The molecule has 208 valence electrons. The smallest absolute Gasteiger partial charge is 0.318 e. The first-order chi connectivity index (χ1) is 19.5. The number of hydrogen-bond donors (Lipinski definition) is 0. The second kappa shape index (κ2) is 10.3. The lowest BCUT2D eigenvalue weighted by atomic mass is 9.99. The van der Waals surface area contributed by atoms with Crippen molar-refractivity contribution in [3.63, 3.8) is 0 Å². The summed E-state index contributed by atoms with van der Waals surface area (Å²) in [5.74, 6) is 0.415. The highest BCUT2D eigenvalue weighted by Crippen LogP contribution is 2.48. The Morgan fingerprint density at radius 2 is 1.88 bits per heavy atom. The van der Waals surface area contributed by atoms with Crippen LogP contribution in [0.25, 0.3) is 22.2 Å². The van der Waals surface area contributed by atoms with E-state index in [1.807, 2.05) is 23.1 Å². The fraction of sp³-hybridized carbons (Fsp3) is 0.467. The van der Waals surface area contributed by atoms with Crippen LogP contribution in [0.4, 0.5) is 10.2 Å². The van der Waals surface area contributed by atoms with Gasteiger partial charge >= 0.3 is 6.01 Å². The number of aromatic nitrogens is 3. The number of carbonyl (C=O) groups excluding carboxylic acids is 1. The predicted molar refractivity (Wildman–Crippen MR) is 152 cm³/mol. The van der Waals surface area contributed by atoms with Crippen molar-refractivity contribution in [2.45, 2.75) is 50.1 Å². The van der Waals surface area contributed by atoms with E-state index >= 15 is 4.39 Å². The van der Waals surface area contributed by atoms with E-state index in [2.05, 4.69) is 30.8 Å². The molecule has 8 nitrogen and oxygen atoms in total. The fourth-order valence-corrected chi connectivity index (χ4v) is 6.33. The van der Waals surface area contributed by atoms with Crippen LogP contribution in [0.1, 0.15) is 43.6 Å². The molecule has 0 N–H and O–H groups in total. The summed E-state index contributed by atoms with van der Waals surface area (Å²) in [4.78, 5) is 32.8. The zero-order chi connectivity index (χ0) is 27.4. The van der Waals surface area contributed by atoms with Crippen molar-refractivity contribution >= 4 is 34.2 Å². The minimum Gasteiger partial charge on any atom is -0.467 e. The number of nitrogens with zero attached hydrogens (tertiary/aromatic N) is 6. The zero-order valence-corrected chi connectivity index (χ0v) is 23.3. The second-order valence-corrected chi connectivity index (χ2v) is 11.6. The van der Waals surface area contributed by atoms with Crippen LogP contribution < -0.4 is 9.64 Å². The molecule has 2 aromatic heterocycles. The molecular weight excluding hydrogens is 531 g/mol. The number of methoxy groups -OCH3 is 1. The summed E-state index contributed by atoms with van der Waals surface area (Å²) in [5.41, 5.74) is 2.05. The number of anilines is 1. The van der Waals surface area contributed by atoms with Gasteiger partial charge in [-0.2, -0.15) is 9.97 Å². The Kier molecular flexibility index (Phi) is 6.59. The van der Waals surface area contributed by atoms with E-state index in [9.17, 15) is 4.79 Å². The lowest BCUT2D eigenvalue weighted by Crippen LogP contribution is -2.49. The Hall–Kier alpha value is -3.30. The third-order valence-electron chi connectivity index (χ3n) is 8.60. The molecule has 0 radical (unpaired) electrons. The Morgan fingerprint density at radius 1 is 1.07 bits per heavy atom. The molecule has 0 spiro atoms. The lowest BCUT2D eigenvalue weighted by molar-refractivity contribution is -0.126. The molecule has 1 amide bonds. The number of fused-ring (bicyclic) bond motifs is 1. The molecule has 40 heavy (non-hydrogen) atoms. The van der Waals surface area contributed by atoms with Gasteiger partial charge in [-0.25, -0.2) is 4.39 Å². The number of pyridine rings is 1. The van der Waals surface area contributed by atoms with Gasteiger partial charge in [-0.05, 0) is 49.7 Å². The standard InChI is InChI=1S/C30H32ClFN6O2/c1-40-30-34-28-22(17-33-27(26(28)32)21-3-2-4-23(31)25(21)18-5-6-18)29(35-30)37-15-13-36(14-16-37)24(39)10-9-20-11-12-38(20)19-7-8-19/h2-4,9-10,17-20H,5-8,11-16H2,1H3/b10-9+. The third kappa shape index (κ3) is 4.69. The summed E-state index contributed by atoms with van der Waals surface area (Å²) in [6, 6.07) is 6.76. The van der Waals surface area contributed by atoms with Crippen LogP contribution in [0.15, 0.2) is 36.5 Å². The second-order valence-electron chi connectivity index (χ2n) is 11.2. The number of benzene rings is 1. The van der Waals surface area contributed by atoms with Crippen molar-refractivity contribution in [2.24, 2.45) is 0 Å². The maximum Gasteiger partial charge on any atom is 0.318 e. The maximum absolute atomic E-state index is 16.1. The van der Waals surface area contributed by atoms with Gasteiger partial charge in [-0.3, -0.25) is 14.7 Å². The molecule has 0 bridgehead atoms. The van der Waals surface area contributed by atoms with Crippen LogP contribution in [0, 0.1) is 5.82 Å². The first-order valence-corrected chi connectivity index (χ1v) is 14.6. The molecule has 10 heteroatoms. The van der Waals surface area contributed by atoms with Gasteiger partial charge in [-0.1, -0.05) is 29.8 Å². The van der Waals surface area contributed by atoms with Gasteiger partial charge in [0.15, 0.2) is 5.82 Å². The van der Waals surface area contributed by atoms with Gasteiger partial charge in [0.1, 0.15) is 17.0 Å². The molecule has 4 fully saturated rings. The number of halogens is 2. The zero-order valence-electron chi connectivity index (χ0n) is 22.5. The summed E-state index contributed by atoms with van der Waals surface area (Å²) in [6.45, 7) is 3.37. The van der Waals surface area contributed by atoms with Gasteiger partial charge in [0.25, 0.3) is 0 Å². The molecule has 4 aliphatic rings. The topological polar surface area (TPSA) is 74.7 Å². The van der Waals surface area contributed by atoms with Gasteiger partial charge in [0, 0.05) is 67.7 Å². The van der Waals surface area contributed by atoms with Gasteiger partial charge in [0.05, 0.1) is 12.5 Å². The largest absolute Gasteiger partial charge is 0.467 e. The van der Waals surface area contributed by atoms with E-state index in [0.29, 0.717) is 59.9 Å². The van der Waals surface area contributed by atoms with Gasteiger partial charge in [-0.15, -0.1) is 0 Å². The molecule has 2 aliphatic heterocycles. The molecule has 2 aliphatic carbocycles. The third-order valence-corrected chi connectivity index (χ3v) is 8.93. The molecule has 2 saturated carbocycles. The van der Waals surface area contributed by atoms with Crippen molar-refractivity contribution in [1.29, 1.82) is 0 Å². The highest BCUT2D eigenvalue weighted by molar-refractivity contribution is 6.32. The number of likely N-dealkylation sites (tertiary alicyclic amines) is 1. The van der Waals surface area contributed by atoms with Crippen LogP contribution >= 0.6 is 11.6 Å². The molecule has 1 unspecified atom stereocenters. The molecule has 2 saturated heterocycles. The quantitative estimate of drug-likeness (QED) is 0.383. The summed E-state index contributed by atoms with van der Waals surface area (Å²) >= 11 is 6.52. The fourth-order valence-electron chi connectivity index (χ4n) is 6.00. The van der Waals surface area contributed by atoms with Crippen molar-refractivity contribution in [3.8, 4) is 17.3 Å². The highest BCUT2D eigenvalue weighted by atomic mass is 35.5. The predicted octanol–water partition coefficient (Wildman–Crippen LogP) is 4.81. The Balaban J connectivity index is 1.13. The molecule has 1 aromatic carbocycles. The average molecular weight is 563 g/mol. The number of piperazine rings is 1. The van der Waals surface area contributed by atoms with Crippen molar-refractivity contribution < 1.29 is 13.9 Å². The molecule has 4 heterocycles. The Morgan fingerprint density at radius 3 is 2.55 bits per heavy atom. The minimum atomic E-state index is -0.515. The van der Waals surface area contributed by atoms with Crippen LogP contribution in [-0.2, 0) is 4.79 Å². The summed E-state index contributed by atoms with van der Waals surface area (Å²) in [6.07, 6.45) is 11.2. The molecule has 7 rings (SSSR count). The van der Waals surface area contributed by atoms with Crippen LogP contribution in [0.5, 0.6) is 6.01 Å². The summed E-state index contributed by atoms with van der Waals surface area (Å²) in [5, 5.41) is 1.15. The monoisotopic (exact) mass is 562 g/mol. The average Bonchev–Trinajstić information content (AvgIpc) is 3.88. The molecule has 1 atom stereocenters. The number of rotatable bonds is 7. The van der Waals surface area contributed by atoms with Crippen molar-refractivity contribution in [3.05, 3.63) is 53.0 Å². The van der Waals surface area contributed by atoms with E-state index in [1.165, 1.54) is 20.0 Å². The SMILES string of the molecule is COc1nc(N2CCN(C(=O)/C=C/C3CCN3C3CC3)CC2)c2cnc(-c3cccc(Cl)c3C3CC3)c(F)c2n1. The molecular formula is C30H32ClFN6O2. The molecule has 3 aromatic rings. The van der Waals surface area contributed by atoms with E-state index in [-0.39, 0.29) is 23.1 Å². The van der Waals surface area contributed by atoms with Crippen LogP contribution in [0.2, 0.25) is 5.02 Å². The number of carbonyl (C=O) groups is 1. The lowest BCUT2D eigenvalue weighted by Gasteiger charge is -2.39. The maximum atomic E-state index is 16.1. The van der Waals surface area contributed by atoms with E-state index in [4.69, 9.17) is 16.3 Å². The van der Waals surface area contributed by atoms with E-state index in [0.717, 1.165) is 37.4 Å². The number of amides is 1. The Bertz CT molecular complexity index is 1500. The van der Waals surface area contributed by atoms with E-state index < -0.39 is 5.82 Å². The van der Waals surface area contributed by atoms with Gasteiger partial charge < -0.3 is 14.5 Å². The van der Waals surface area contributed by atoms with Crippen LogP contribution in [-0.4, -0.2) is 82.6 Å². The van der Waals surface area contributed by atoms with E-state index in [1.54, 1.807) is 12.3 Å². The minimum absolute atomic E-state index is 0.0396. The van der Waals surface area contributed by atoms with Crippen molar-refractivity contribution in [1.82, 2.24) is 24.8 Å². The highest BCUT2D eigenvalue weighted by Gasteiger charge is 2.38. The normalized spacial score (nSPS) is 21.7. The van der Waals surface area contributed by atoms with Gasteiger partial charge in [0.2, 0.25) is 5.91 Å². The Labute approximate surface area is 237 Å². The summed E-state index contributed by atoms with van der Waals surface area (Å²) < 4.78 is 21.5. The first kappa shape index (κ1) is 25.7. The summed E-state index contributed by atoms with van der Waals surface area (Å²) in [7, 11) is 1.47. The number of hydrogen-bond acceptors (Lipinski definition) is 7. The first-order valence-electron chi connectivity index (χ1n) is 14.2. The van der Waals surface area contributed by atoms with Crippen LogP contribution in [0.3, 0.4) is 0 Å².